The van der Waals surface area contributed by atoms with Crippen LogP contribution in [-0.2, 0) is 11.2 Å². The summed E-state index contributed by atoms with van der Waals surface area (Å²) in [7, 11) is 0. The van der Waals surface area contributed by atoms with Gasteiger partial charge in [0.1, 0.15) is 6.61 Å². The molecule has 0 aliphatic carbocycles. The second-order valence-corrected chi connectivity index (χ2v) is 5.61. The van der Waals surface area contributed by atoms with Crippen molar-refractivity contribution in [3.63, 3.8) is 0 Å². The molecule has 0 radical (unpaired) electrons. The molecule has 7 heteroatoms. The third-order valence-corrected chi connectivity index (χ3v) is 3.73. The zero-order chi connectivity index (χ0) is 14.6. The number of alkyl halides is 3. The van der Waals surface area contributed by atoms with E-state index in [2.05, 4.69) is 9.72 Å². The lowest BCUT2D eigenvalue weighted by Gasteiger charge is -2.11. The van der Waals surface area contributed by atoms with Crippen molar-refractivity contribution in [1.29, 1.82) is 0 Å². The predicted molar refractivity (Wildman–Crippen MR) is 72.8 cm³/mol. The maximum absolute atomic E-state index is 11.9. The van der Waals surface area contributed by atoms with Gasteiger partial charge in [-0.1, -0.05) is 12.1 Å². The molecule has 1 unspecified atom stereocenters. The molecule has 1 aromatic carbocycles. The number of benzene rings is 1. The van der Waals surface area contributed by atoms with Crippen LogP contribution in [0.4, 0.5) is 13.2 Å². The van der Waals surface area contributed by atoms with Gasteiger partial charge in [-0.2, -0.15) is 13.2 Å². The van der Waals surface area contributed by atoms with Gasteiger partial charge in [0.05, 0.1) is 15.2 Å². The summed E-state index contributed by atoms with van der Waals surface area (Å²) in [4.78, 5) is 4.44. The summed E-state index contributed by atoms with van der Waals surface area (Å²) in [5.41, 5.74) is 6.81. The Kier molecular flexibility index (Phi) is 4.95. The first-order chi connectivity index (χ1) is 9.44. The Labute approximate surface area is 118 Å². The number of halogens is 3. The minimum absolute atomic E-state index is 0.00553. The maximum atomic E-state index is 11.9. The van der Waals surface area contributed by atoms with Gasteiger partial charge in [-0.05, 0) is 18.6 Å². The lowest BCUT2D eigenvalue weighted by atomic mass is 10.2. The Bertz CT molecular complexity index is 523. The van der Waals surface area contributed by atoms with Gasteiger partial charge in [-0.25, -0.2) is 4.98 Å². The normalized spacial score (nSPS) is 13.8. The van der Waals surface area contributed by atoms with Crippen LogP contribution in [0, 0.1) is 0 Å². The third-order valence-electron chi connectivity index (χ3n) is 2.67. The van der Waals surface area contributed by atoms with Crippen molar-refractivity contribution in [2.24, 2.45) is 5.73 Å². The van der Waals surface area contributed by atoms with E-state index in [1.165, 1.54) is 0 Å². The average molecular weight is 304 g/mol. The summed E-state index contributed by atoms with van der Waals surface area (Å²) in [6, 6.07) is 7.51. The number of nitrogens with two attached hydrogens (primary N) is 1. The second kappa shape index (κ2) is 6.51. The molecule has 1 aromatic heterocycles. The fourth-order valence-electron chi connectivity index (χ4n) is 1.76. The van der Waals surface area contributed by atoms with Crippen LogP contribution in [0.2, 0.25) is 0 Å². The van der Waals surface area contributed by atoms with E-state index in [0.717, 1.165) is 15.2 Å². The van der Waals surface area contributed by atoms with Crippen LogP contribution in [0.25, 0.3) is 10.2 Å². The summed E-state index contributed by atoms with van der Waals surface area (Å²) in [6.45, 7) is -1.22. The Hall–Kier alpha value is -1.18. The summed E-state index contributed by atoms with van der Waals surface area (Å²) >= 11 is 1.56. The molecular weight excluding hydrogens is 289 g/mol. The standard InChI is InChI=1S/C13H15F3N2OS/c14-13(15,16)8-19-6-5-9(17)7-12-18-10-3-1-2-4-11(10)20-12/h1-4,9H,5-8,17H2. The average Bonchev–Trinajstić information content (AvgIpc) is 2.75. The number of thiazole rings is 1. The SMILES string of the molecule is NC(CCOCC(F)(F)F)Cc1nc2ccccc2s1. The first-order valence-electron chi connectivity index (χ1n) is 6.18. The molecule has 1 atom stereocenters. The number of ether oxygens (including phenoxy) is 1. The van der Waals surface area contributed by atoms with Crippen LogP contribution < -0.4 is 5.73 Å². The van der Waals surface area contributed by atoms with Crippen molar-refractivity contribution in [3.8, 4) is 0 Å². The van der Waals surface area contributed by atoms with Crippen LogP contribution in [-0.4, -0.2) is 30.4 Å². The van der Waals surface area contributed by atoms with E-state index in [9.17, 15) is 13.2 Å². The highest BCUT2D eigenvalue weighted by Crippen LogP contribution is 2.22. The lowest BCUT2D eigenvalue weighted by molar-refractivity contribution is -0.174. The molecule has 0 spiro atoms. The van der Waals surface area contributed by atoms with Gasteiger partial charge in [0.15, 0.2) is 0 Å². The van der Waals surface area contributed by atoms with Crippen molar-refractivity contribution < 1.29 is 17.9 Å². The zero-order valence-electron chi connectivity index (χ0n) is 10.7. The highest BCUT2D eigenvalue weighted by atomic mass is 32.1. The van der Waals surface area contributed by atoms with E-state index < -0.39 is 12.8 Å². The molecule has 0 fully saturated rings. The van der Waals surface area contributed by atoms with Gasteiger partial charge in [-0.3, -0.25) is 0 Å². The zero-order valence-corrected chi connectivity index (χ0v) is 11.5. The molecule has 0 aliphatic heterocycles. The predicted octanol–water partition coefficient (Wildman–Crippen LogP) is 3.14. The van der Waals surface area contributed by atoms with E-state index in [-0.39, 0.29) is 12.6 Å². The van der Waals surface area contributed by atoms with E-state index in [1.54, 1.807) is 11.3 Å². The first-order valence-corrected chi connectivity index (χ1v) is 7.00. The van der Waals surface area contributed by atoms with Crippen LogP contribution >= 0.6 is 11.3 Å². The minimum atomic E-state index is -4.28. The van der Waals surface area contributed by atoms with Gasteiger partial charge < -0.3 is 10.5 Å². The number of fused-ring (bicyclic) bond motifs is 1. The van der Waals surface area contributed by atoms with Gasteiger partial charge in [0.25, 0.3) is 0 Å². The fourth-order valence-corrected chi connectivity index (χ4v) is 2.82. The van der Waals surface area contributed by atoms with Crippen molar-refractivity contribution >= 4 is 21.6 Å². The molecule has 0 amide bonds. The quantitative estimate of drug-likeness (QED) is 0.834. The van der Waals surface area contributed by atoms with Crippen LogP contribution in [0.5, 0.6) is 0 Å². The van der Waals surface area contributed by atoms with Gasteiger partial charge >= 0.3 is 6.18 Å². The second-order valence-electron chi connectivity index (χ2n) is 4.50. The number of rotatable bonds is 6. The topological polar surface area (TPSA) is 48.1 Å². The molecule has 2 aromatic rings. The lowest BCUT2D eigenvalue weighted by Crippen LogP contribution is -2.26. The van der Waals surface area contributed by atoms with E-state index >= 15 is 0 Å². The molecule has 0 saturated heterocycles. The Morgan fingerprint density at radius 1 is 1.30 bits per heavy atom. The number of aromatic nitrogens is 1. The van der Waals surface area contributed by atoms with Gasteiger partial charge in [0, 0.05) is 19.1 Å². The molecule has 2 rings (SSSR count). The van der Waals surface area contributed by atoms with E-state index in [1.807, 2.05) is 24.3 Å². The molecule has 0 saturated carbocycles. The molecule has 2 N–H and O–H groups in total. The smallest absolute Gasteiger partial charge is 0.372 e. The van der Waals surface area contributed by atoms with Crippen molar-refractivity contribution in [3.05, 3.63) is 29.3 Å². The summed E-state index contributed by atoms with van der Waals surface area (Å²) in [6.07, 6.45) is -3.35. The summed E-state index contributed by atoms with van der Waals surface area (Å²) in [5.74, 6) is 0. The molecule has 20 heavy (non-hydrogen) atoms. The Balaban J connectivity index is 1.78. The molecule has 0 bridgehead atoms. The molecule has 3 nitrogen and oxygen atoms in total. The van der Waals surface area contributed by atoms with Crippen molar-refractivity contribution in [1.82, 2.24) is 4.98 Å². The van der Waals surface area contributed by atoms with Gasteiger partial charge in [0.2, 0.25) is 0 Å². The van der Waals surface area contributed by atoms with Crippen LogP contribution in [0.1, 0.15) is 11.4 Å². The number of hydrogen-bond donors (Lipinski definition) is 1. The monoisotopic (exact) mass is 304 g/mol. The highest BCUT2D eigenvalue weighted by Gasteiger charge is 2.27. The maximum Gasteiger partial charge on any atom is 0.411 e. The summed E-state index contributed by atoms with van der Waals surface area (Å²) in [5, 5.41) is 0.898. The number of hydrogen-bond acceptors (Lipinski definition) is 4. The van der Waals surface area contributed by atoms with E-state index in [4.69, 9.17) is 5.73 Å². The number of nitrogens with zero attached hydrogens (tertiary/aromatic N) is 1. The molecular formula is C13H15F3N2OS. The molecule has 0 aliphatic rings. The van der Waals surface area contributed by atoms with Crippen LogP contribution in [0.15, 0.2) is 24.3 Å². The van der Waals surface area contributed by atoms with E-state index in [0.29, 0.717) is 12.8 Å². The fraction of sp³-hybridized carbons (Fsp3) is 0.462. The largest absolute Gasteiger partial charge is 0.411 e. The number of para-hydroxylation sites is 1. The first kappa shape index (κ1) is 15.2. The molecule has 1 heterocycles. The third kappa shape index (κ3) is 4.73. The summed E-state index contributed by atoms with van der Waals surface area (Å²) < 4.78 is 41.3. The van der Waals surface area contributed by atoms with Crippen LogP contribution in [0.3, 0.4) is 0 Å². The van der Waals surface area contributed by atoms with Crippen molar-refractivity contribution in [2.45, 2.75) is 25.1 Å². The molecule has 110 valence electrons. The van der Waals surface area contributed by atoms with Gasteiger partial charge in [-0.15, -0.1) is 11.3 Å². The highest BCUT2D eigenvalue weighted by molar-refractivity contribution is 7.18. The Morgan fingerprint density at radius 3 is 2.75 bits per heavy atom. The van der Waals surface area contributed by atoms with Crippen molar-refractivity contribution in [2.75, 3.05) is 13.2 Å². The minimum Gasteiger partial charge on any atom is -0.372 e. The Morgan fingerprint density at radius 2 is 2.05 bits per heavy atom.